The van der Waals surface area contributed by atoms with E-state index in [-0.39, 0.29) is 5.39 Å². The van der Waals surface area contributed by atoms with Gasteiger partial charge in [0, 0.05) is 5.39 Å². The van der Waals surface area contributed by atoms with Gasteiger partial charge in [0.05, 0.1) is 0 Å². The molecule has 2 fully saturated rings. The van der Waals surface area contributed by atoms with Crippen molar-refractivity contribution in [3.63, 3.8) is 0 Å². The van der Waals surface area contributed by atoms with Crippen molar-refractivity contribution in [3.8, 4) is 5.75 Å². The third-order valence-corrected chi connectivity index (χ3v) is 6.56. The lowest BCUT2D eigenvalue weighted by Gasteiger charge is -2.41. The second-order valence-corrected chi connectivity index (χ2v) is 8.31. The molecule has 0 heterocycles. The summed E-state index contributed by atoms with van der Waals surface area (Å²) in [4.78, 5) is 0. The fraction of sp³-hybridized carbons (Fsp3) is 0.545. The van der Waals surface area contributed by atoms with E-state index in [1.54, 1.807) is 6.07 Å². The minimum absolute atomic E-state index is 0.107. The number of ether oxygens (including phenoxy) is 1. The van der Waals surface area contributed by atoms with Crippen LogP contribution in [0.1, 0.15) is 56.9 Å². The summed E-state index contributed by atoms with van der Waals surface area (Å²) in [5, 5.41) is 0.500. The summed E-state index contributed by atoms with van der Waals surface area (Å²) in [7, 11) is 0. The lowest BCUT2D eigenvalue weighted by Crippen LogP contribution is -2.29. The molecule has 5 heteroatoms. The first-order chi connectivity index (χ1) is 12.9. The van der Waals surface area contributed by atoms with Crippen molar-refractivity contribution in [2.75, 3.05) is 0 Å². The summed E-state index contributed by atoms with van der Waals surface area (Å²) < 4.78 is 57.3. The number of halogens is 4. The van der Waals surface area contributed by atoms with E-state index in [0.29, 0.717) is 11.3 Å². The summed E-state index contributed by atoms with van der Waals surface area (Å²) in [6, 6.07) is 6.32. The lowest BCUT2D eigenvalue weighted by molar-refractivity contribution is -0.0544. The maximum atomic E-state index is 14.4. The first-order valence-electron chi connectivity index (χ1n) is 9.78. The molecule has 2 aromatic carbocycles. The van der Waals surface area contributed by atoms with Crippen LogP contribution in [0.15, 0.2) is 24.3 Å². The first kappa shape index (κ1) is 18.6. The van der Waals surface area contributed by atoms with E-state index >= 15 is 0 Å². The van der Waals surface area contributed by atoms with E-state index in [2.05, 4.69) is 11.7 Å². The summed E-state index contributed by atoms with van der Waals surface area (Å²) in [5.74, 6) is -0.405. The molecular weight excluding hydrogens is 356 g/mol. The average molecular weight is 380 g/mol. The molecule has 0 aliphatic heterocycles. The SMILES string of the molecule is C[C@@H]1CC[C@@H]2CC(c3ccc4c(F)c(OC(F)F)c(F)cc4c3)CCC2C1. The predicted octanol–water partition coefficient (Wildman–Crippen LogP) is 7.04. The molecular formula is C22H24F4O. The standard InChI is InChI=1S/C22H24F4O/c1-12-2-3-14-9-15(5-4-13(14)8-12)16-6-7-18-17(10-16)11-19(23)21(20(18)24)27-22(25)26/h6-7,10-15,22H,2-5,8-9H2,1H3/t12-,13?,14-,15?/m1/s1. The van der Waals surface area contributed by atoms with Gasteiger partial charge in [0.25, 0.3) is 0 Å². The maximum absolute atomic E-state index is 14.4. The third-order valence-electron chi connectivity index (χ3n) is 6.56. The van der Waals surface area contributed by atoms with Gasteiger partial charge in [-0.2, -0.15) is 8.78 Å². The highest BCUT2D eigenvalue weighted by molar-refractivity contribution is 5.85. The van der Waals surface area contributed by atoms with Crippen molar-refractivity contribution in [3.05, 3.63) is 41.5 Å². The van der Waals surface area contributed by atoms with Gasteiger partial charge in [-0.15, -0.1) is 0 Å². The lowest BCUT2D eigenvalue weighted by atomic mass is 9.64. The molecule has 0 spiro atoms. The van der Waals surface area contributed by atoms with Crippen molar-refractivity contribution >= 4 is 10.8 Å². The highest BCUT2D eigenvalue weighted by atomic mass is 19.3. The summed E-state index contributed by atoms with van der Waals surface area (Å²) >= 11 is 0. The molecule has 0 bridgehead atoms. The van der Waals surface area contributed by atoms with E-state index in [4.69, 9.17) is 0 Å². The Bertz CT molecular complexity index is 835. The Morgan fingerprint density at radius 2 is 1.70 bits per heavy atom. The molecule has 2 aliphatic rings. The van der Waals surface area contributed by atoms with Gasteiger partial charge < -0.3 is 4.74 Å². The Morgan fingerprint density at radius 1 is 0.963 bits per heavy atom. The van der Waals surface area contributed by atoms with Crippen LogP contribution in [-0.2, 0) is 0 Å². The van der Waals surface area contributed by atoms with Gasteiger partial charge in [0.15, 0.2) is 17.4 Å². The maximum Gasteiger partial charge on any atom is 0.387 e. The molecule has 146 valence electrons. The average Bonchev–Trinajstić information content (AvgIpc) is 2.64. The minimum Gasteiger partial charge on any atom is -0.429 e. The first-order valence-corrected chi connectivity index (χ1v) is 9.78. The smallest absolute Gasteiger partial charge is 0.387 e. The minimum atomic E-state index is -3.26. The van der Waals surface area contributed by atoms with Crippen LogP contribution in [0.25, 0.3) is 10.8 Å². The van der Waals surface area contributed by atoms with Crippen LogP contribution in [0.4, 0.5) is 17.6 Å². The van der Waals surface area contributed by atoms with E-state index in [1.165, 1.54) is 25.7 Å². The number of benzene rings is 2. The fourth-order valence-corrected chi connectivity index (χ4v) is 5.21. The van der Waals surface area contributed by atoms with Crippen molar-refractivity contribution < 1.29 is 22.3 Å². The van der Waals surface area contributed by atoms with E-state index < -0.39 is 24.0 Å². The monoisotopic (exact) mass is 380 g/mol. The van der Waals surface area contributed by atoms with E-state index in [9.17, 15) is 17.6 Å². The van der Waals surface area contributed by atoms with Gasteiger partial charge in [0.2, 0.25) is 0 Å². The molecule has 27 heavy (non-hydrogen) atoms. The second kappa shape index (κ2) is 7.33. The Morgan fingerprint density at radius 3 is 2.48 bits per heavy atom. The molecule has 0 saturated heterocycles. The Kier molecular flexibility index (Phi) is 5.04. The highest BCUT2D eigenvalue weighted by Gasteiger charge is 2.35. The van der Waals surface area contributed by atoms with Crippen LogP contribution in [0.5, 0.6) is 5.75 Å². The fourth-order valence-electron chi connectivity index (χ4n) is 5.21. The van der Waals surface area contributed by atoms with Crippen molar-refractivity contribution in [1.82, 2.24) is 0 Å². The van der Waals surface area contributed by atoms with E-state index in [1.807, 2.05) is 12.1 Å². The molecule has 0 radical (unpaired) electrons. The van der Waals surface area contributed by atoms with Crippen molar-refractivity contribution in [1.29, 1.82) is 0 Å². The summed E-state index contributed by atoms with van der Waals surface area (Å²) in [5.41, 5.74) is 1.08. The number of hydrogen-bond donors (Lipinski definition) is 0. The molecule has 4 atom stereocenters. The van der Waals surface area contributed by atoms with Gasteiger partial charge in [-0.05, 0) is 72.8 Å². The molecule has 0 aromatic heterocycles. The zero-order valence-electron chi connectivity index (χ0n) is 15.4. The van der Waals surface area contributed by atoms with Gasteiger partial charge >= 0.3 is 6.61 Å². The van der Waals surface area contributed by atoms with Gasteiger partial charge in [0.1, 0.15) is 0 Å². The Labute approximate surface area is 156 Å². The molecule has 2 saturated carbocycles. The van der Waals surface area contributed by atoms with Crippen LogP contribution in [0.3, 0.4) is 0 Å². The normalized spacial score (nSPS) is 28.4. The molecule has 2 aromatic rings. The summed E-state index contributed by atoms with van der Waals surface area (Å²) in [6.45, 7) is -0.931. The van der Waals surface area contributed by atoms with Crippen LogP contribution >= 0.6 is 0 Å². The topological polar surface area (TPSA) is 9.23 Å². The van der Waals surface area contributed by atoms with Crippen LogP contribution < -0.4 is 4.74 Å². The van der Waals surface area contributed by atoms with Gasteiger partial charge in [-0.3, -0.25) is 0 Å². The van der Waals surface area contributed by atoms with Gasteiger partial charge in [-0.1, -0.05) is 31.5 Å². The van der Waals surface area contributed by atoms with Crippen LogP contribution in [-0.4, -0.2) is 6.61 Å². The summed E-state index contributed by atoms with van der Waals surface area (Å²) in [6.07, 6.45) is 7.31. The van der Waals surface area contributed by atoms with Crippen molar-refractivity contribution in [2.24, 2.45) is 17.8 Å². The third kappa shape index (κ3) is 3.65. The number of rotatable bonds is 3. The molecule has 2 unspecified atom stereocenters. The predicted molar refractivity (Wildman–Crippen MR) is 97.1 cm³/mol. The number of alkyl halides is 2. The molecule has 4 rings (SSSR count). The van der Waals surface area contributed by atoms with Crippen molar-refractivity contribution in [2.45, 2.75) is 58.0 Å². The molecule has 1 nitrogen and oxygen atoms in total. The molecule has 0 N–H and O–H groups in total. The molecule has 2 aliphatic carbocycles. The highest BCUT2D eigenvalue weighted by Crippen LogP contribution is 2.47. The van der Waals surface area contributed by atoms with Gasteiger partial charge in [-0.25, -0.2) is 8.78 Å². The van der Waals surface area contributed by atoms with Crippen LogP contribution in [0.2, 0.25) is 0 Å². The largest absolute Gasteiger partial charge is 0.429 e. The number of hydrogen-bond acceptors (Lipinski definition) is 1. The zero-order valence-corrected chi connectivity index (χ0v) is 15.4. The van der Waals surface area contributed by atoms with E-state index in [0.717, 1.165) is 42.2 Å². The zero-order chi connectivity index (χ0) is 19.1. The molecule has 0 amide bonds. The van der Waals surface area contributed by atoms with Crippen LogP contribution in [0, 0.1) is 29.4 Å². The second-order valence-electron chi connectivity index (χ2n) is 8.31. The number of fused-ring (bicyclic) bond motifs is 2. The quantitative estimate of drug-likeness (QED) is 0.519. The Balaban J connectivity index is 1.60. The Hall–Kier alpha value is -1.78.